The van der Waals surface area contributed by atoms with Crippen molar-refractivity contribution in [1.29, 1.82) is 0 Å². The van der Waals surface area contributed by atoms with Crippen LogP contribution in [0.2, 0.25) is 0 Å². The molecule has 0 saturated heterocycles. The largest absolute Gasteiger partial charge is 2.00 e. The monoisotopic (exact) mass is 550 g/mol. The van der Waals surface area contributed by atoms with Crippen molar-refractivity contribution >= 4 is 17.8 Å². The molecule has 0 fully saturated rings. The maximum absolute atomic E-state index is 10.6. The number of aromatic nitrogens is 1. The van der Waals surface area contributed by atoms with Crippen molar-refractivity contribution in [2.75, 3.05) is 0 Å². The summed E-state index contributed by atoms with van der Waals surface area (Å²) >= 11 is 0. The van der Waals surface area contributed by atoms with E-state index in [4.69, 9.17) is 5.21 Å². The van der Waals surface area contributed by atoms with Crippen molar-refractivity contribution in [3.05, 3.63) is 30.1 Å². The van der Waals surface area contributed by atoms with Crippen molar-refractivity contribution in [2.24, 2.45) is 5.92 Å². The molecule has 0 unspecified atom stereocenters. The van der Waals surface area contributed by atoms with E-state index in [9.17, 15) is 24.6 Å². The maximum Gasteiger partial charge on any atom is 2.00 e. The molecule has 0 aliphatic heterocycles. The first-order chi connectivity index (χ1) is 11.4. The Labute approximate surface area is 167 Å². The molecule has 0 bridgehead atoms. The third kappa shape index (κ3) is 15.7. The second-order valence-electron chi connectivity index (χ2n) is 5.15. The fourth-order valence-corrected chi connectivity index (χ4v) is 1.82. The predicted octanol–water partition coefficient (Wildman–Crippen LogP) is -0.502. The Kier molecular flexibility index (Phi) is 20.0. The number of nitrogens with one attached hydrogen (secondary N) is 1. The van der Waals surface area contributed by atoms with E-state index < -0.39 is 23.8 Å². The van der Waals surface area contributed by atoms with E-state index in [0.29, 0.717) is 25.7 Å². The van der Waals surface area contributed by atoms with Gasteiger partial charge in [-0.2, -0.15) is 0 Å². The molecular weight excluding hydrogens is 525 g/mol. The number of carboxylic acids is 2. The standard InChI is InChI=1S/C10H17NO6.C6H7N.H3N.Pt/c12-8(11-17)6-4-2-1-3-5-7(9(13)14)10(15)16;1-6-4-2-3-5-7-6;;/h7,17H,1-6H2,(H,11,12)(H,13,14)(H,15,16);2-5H,1H3;1H3;/q;;;+2/p-2. The molecule has 1 rings (SSSR count). The number of hydrogen-bond donors (Lipinski definition) is 3. The number of amides is 1. The Morgan fingerprint density at radius 3 is 2.08 bits per heavy atom. The Bertz CT molecular complexity index is 502. The number of carbonyl (C=O) groups excluding carboxylic acids is 3. The van der Waals surface area contributed by atoms with Crippen LogP contribution in [0.3, 0.4) is 0 Å². The van der Waals surface area contributed by atoms with Crippen molar-refractivity contribution < 1.29 is 50.9 Å². The van der Waals surface area contributed by atoms with Crippen LogP contribution < -0.4 is 21.8 Å². The number of aliphatic carboxylic acids is 2. The first-order valence-corrected chi connectivity index (χ1v) is 7.60. The normalized spacial score (nSPS) is 9.04. The van der Waals surface area contributed by atoms with Crippen molar-refractivity contribution in [3.8, 4) is 0 Å². The van der Waals surface area contributed by atoms with Gasteiger partial charge in [-0.25, -0.2) is 5.48 Å². The van der Waals surface area contributed by atoms with Gasteiger partial charge in [0.1, 0.15) is 0 Å². The smallest absolute Gasteiger partial charge is 0.549 e. The van der Waals surface area contributed by atoms with Gasteiger partial charge in [-0.15, -0.1) is 0 Å². The van der Waals surface area contributed by atoms with E-state index in [2.05, 4.69) is 4.98 Å². The molecular formula is C16H25N3O6Pt. The molecule has 150 valence electrons. The number of hydroxylamine groups is 1. The van der Waals surface area contributed by atoms with Crippen LogP contribution >= 0.6 is 0 Å². The number of carbonyl (C=O) groups is 3. The van der Waals surface area contributed by atoms with Gasteiger partial charge in [0.05, 0.1) is 11.9 Å². The topological polar surface area (TPSA) is 177 Å². The van der Waals surface area contributed by atoms with Crippen molar-refractivity contribution in [3.63, 3.8) is 0 Å². The molecule has 0 aliphatic rings. The summed E-state index contributed by atoms with van der Waals surface area (Å²) in [5, 5.41) is 28.9. The van der Waals surface area contributed by atoms with Gasteiger partial charge in [-0.3, -0.25) is 15.0 Å². The molecule has 1 heterocycles. The summed E-state index contributed by atoms with van der Waals surface area (Å²) in [6.45, 7) is 1.97. The van der Waals surface area contributed by atoms with Gasteiger partial charge in [0.25, 0.3) is 0 Å². The molecule has 9 nitrogen and oxygen atoms in total. The van der Waals surface area contributed by atoms with Gasteiger partial charge >= 0.3 is 21.1 Å². The molecule has 1 aromatic rings. The first kappa shape index (κ1) is 29.0. The van der Waals surface area contributed by atoms with Crippen LogP contribution in [-0.4, -0.2) is 28.0 Å². The van der Waals surface area contributed by atoms with E-state index in [1.54, 1.807) is 6.20 Å². The van der Waals surface area contributed by atoms with Gasteiger partial charge < -0.3 is 26.0 Å². The Hall–Kier alpha value is -1.83. The van der Waals surface area contributed by atoms with E-state index >= 15 is 0 Å². The summed E-state index contributed by atoms with van der Waals surface area (Å²) in [5.41, 5.74) is 2.56. The van der Waals surface area contributed by atoms with Gasteiger partial charge in [0.15, 0.2) is 0 Å². The average molecular weight is 550 g/mol. The van der Waals surface area contributed by atoms with E-state index in [1.165, 1.54) is 5.48 Å². The van der Waals surface area contributed by atoms with Crippen LogP contribution in [0.5, 0.6) is 0 Å². The molecule has 10 heteroatoms. The molecule has 1 amide bonds. The van der Waals surface area contributed by atoms with Gasteiger partial charge in [0.2, 0.25) is 5.91 Å². The summed E-state index contributed by atoms with van der Waals surface area (Å²) in [4.78, 5) is 35.3. The van der Waals surface area contributed by atoms with Crippen LogP contribution in [-0.2, 0) is 35.4 Å². The van der Waals surface area contributed by atoms with Crippen LogP contribution in [0.1, 0.15) is 44.2 Å². The number of rotatable bonds is 9. The van der Waals surface area contributed by atoms with Crippen LogP contribution in [0.4, 0.5) is 0 Å². The quantitative estimate of drug-likeness (QED) is 0.159. The zero-order chi connectivity index (χ0) is 18.4. The van der Waals surface area contributed by atoms with Gasteiger partial charge in [0, 0.05) is 24.2 Å². The third-order valence-electron chi connectivity index (χ3n) is 3.15. The zero-order valence-electron chi connectivity index (χ0n) is 14.6. The molecule has 0 spiro atoms. The minimum atomic E-state index is -1.63. The summed E-state index contributed by atoms with van der Waals surface area (Å²) in [6, 6.07) is 5.86. The van der Waals surface area contributed by atoms with Crippen molar-refractivity contribution in [2.45, 2.75) is 45.4 Å². The summed E-state index contributed by atoms with van der Waals surface area (Å²) in [7, 11) is 0. The zero-order valence-corrected chi connectivity index (χ0v) is 16.9. The molecule has 5 N–H and O–H groups in total. The SMILES string of the molecule is Cc1ccccn1.N.O=C(CCCCCCC(C(=O)[O-])C(=O)[O-])NO.[Pt+2]. The number of hydrogen-bond acceptors (Lipinski definition) is 8. The van der Waals surface area contributed by atoms with E-state index in [-0.39, 0.29) is 40.1 Å². The van der Waals surface area contributed by atoms with Gasteiger partial charge in [-0.05, 0) is 31.9 Å². The first-order valence-electron chi connectivity index (χ1n) is 7.60. The molecule has 0 aliphatic carbocycles. The van der Waals surface area contributed by atoms with Crippen LogP contribution in [0, 0.1) is 12.8 Å². The molecule has 0 aromatic carbocycles. The Balaban J connectivity index is -0.000000494. The second kappa shape index (κ2) is 18.0. The Morgan fingerprint density at radius 1 is 1.12 bits per heavy atom. The average Bonchev–Trinajstić information content (AvgIpc) is 2.54. The second-order valence-corrected chi connectivity index (χ2v) is 5.15. The minimum Gasteiger partial charge on any atom is -0.549 e. The predicted molar refractivity (Wildman–Crippen MR) is 85.1 cm³/mol. The number of aryl methyl sites for hydroxylation is 1. The summed E-state index contributed by atoms with van der Waals surface area (Å²) < 4.78 is 0. The van der Waals surface area contributed by atoms with Gasteiger partial charge in [-0.1, -0.05) is 25.3 Å². The summed E-state index contributed by atoms with van der Waals surface area (Å²) in [6.07, 6.45) is 4.16. The van der Waals surface area contributed by atoms with Crippen molar-refractivity contribution in [1.82, 2.24) is 16.6 Å². The maximum atomic E-state index is 10.6. The molecule has 0 radical (unpaired) electrons. The molecule has 0 saturated carbocycles. The van der Waals surface area contributed by atoms with Crippen LogP contribution in [0.15, 0.2) is 24.4 Å². The number of nitrogens with zero attached hydrogens (tertiary/aromatic N) is 1. The molecule has 26 heavy (non-hydrogen) atoms. The minimum absolute atomic E-state index is 0. The van der Waals surface area contributed by atoms with E-state index in [0.717, 1.165) is 5.69 Å². The number of pyridine rings is 1. The Morgan fingerprint density at radius 2 is 1.69 bits per heavy atom. The van der Waals surface area contributed by atoms with E-state index in [1.807, 2.05) is 25.1 Å². The molecule has 0 atom stereocenters. The number of unbranched alkanes of at least 4 members (excludes halogenated alkanes) is 3. The number of carboxylic acid groups (broad SMARTS) is 2. The summed E-state index contributed by atoms with van der Waals surface area (Å²) in [5.74, 6) is -5.32. The molecule has 1 aromatic heterocycles. The van der Waals surface area contributed by atoms with Crippen LogP contribution in [0.25, 0.3) is 0 Å². The fourth-order valence-electron chi connectivity index (χ4n) is 1.82. The third-order valence-corrected chi connectivity index (χ3v) is 3.15. The fraction of sp³-hybridized carbons (Fsp3) is 0.500.